The molecule has 0 aliphatic rings. The van der Waals surface area contributed by atoms with E-state index in [0.717, 1.165) is 5.56 Å². The first kappa shape index (κ1) is 16.4. The van der Waals surface area contributed by atoms with Crippen molar-refractivity contribution in [3.8, 4) is 0 Å². The summed E-state index contributed by atoms with van der Waals surface area (Å²) in [5.74, 6) is -0.857. The average molecular weight is 273 g/mol. The number of carbonyl (C=O) groups is 2. The Balaban J connectivity index is 0.00000289. The third-order valence-electron chi connectivity index (χ3n) is 2.14. The molecule has 1 aromatic carbocycles. The molecule has 1 aromatic rings. The number of rotatable bonds is 5. The number of hydrogen-bond donors (Lipinski definition) is 2. The number of nitrogens with two attached hydrogens (primary N) is 1. The highest BCUT2D eigenvalue weighted by Gasteiger charge is 2.15. The van der Waals surface area contributed by atoms with Gasteiger partial charge in [-0.05, 0) is 12.5 Å². The van der Waals surface area contributed by atoms with Crippen molar-refractivity contribution in [1.29, 1.82) is 0 Å². The maximum Gasteiger partial charge on any atom is 0.328 e. The zero-order valence-corrected chi connectivity index (χ0v) is 10.9. The van der Waals surface area contributed by atoms with E-state index in [2.05, 4.69) is 5.32 Å². The van der Waals surface area contributed by atoms with Gasteiger partial charge in [-0.15, -0.1) is 12.4 Å². The quantitative estimate of drug-likeness (QED) is 0.770. The molecule has 0 saturated carbocycles. The molecule has 0 fully saturated rings. The molecule has 0 aliphatic carbocycles. The maximum absolute atomic E-state index is 11.5. The SMILES string of the molecule is C[C@@H](NC(=O)CN)C(=O)OCc1ccccc1.Cl. The Kier molecular flexibility index (Phi) is 7.74. The summed E-state index contributed by atoms with van der Waals surface area (Å²) in [7, 11) is 0. The second-order valence-corrected chi connectivity index (χ2v) is 3.59. The van der Waals surface area contributed by atoms with Gasteiger partial charge in [0, 0.05) is 0 Å². The van der Waals surface area contributed by atoms with E-state index in [1.165, 1.54) is 0 Å². The molecule has 0 bridgehead atoms. The topological polar surface area (TPSA) is 81.4 Å². The molecule has 3 N–H and O–H groups in total. The second kappa shape index (κ2) is 8.49. The summed E-state index contributed by atoms with van der Waals surface area (Å²) in [6, 6.07) is 8.64. The van der Waals surface area contributed by atoms with Crippen LogP contribution in [0.2, 0.25) is 0 Å². The van der Waals surface area contributed by atoms with Crippen LogP contribution >= 0.6 is 12.4 Å². The first-order chi connectivity index (χ1) is 8.13. The van der Waals surface area contributed by atoms with Gasteiger partial charge in [0.2, 0.25) is 5.91 Å². The molecule has 0 spiro atoms. The van der Waals surface area contributed by atoms with Crippen molar-refractivity contribution < 1.29 is 14.3 Å². The van der Waals surface area contributed by atoms with Gasteiger partial charge in [-0.25, -0.2) is 4.79 Å². The minimum atomic E-state index is -0.685. The Morgan fingerprint density at radius 2 is 1.94 bits per heavy atom. The van der Waals surface area contributed by atoms with E-state index in [-0.39, 0.29) is 31.5 Å². The van der Waals surface area contributed by atoms with Crippen LogP contribution in [0.5, 0.6) is 0 Å². The number of nitrogens with one attached hydrogen (secondary N) is 1. The number of halogens is 1. The molecular formula is C12H17ClN2O3. The third-order valence-corrected chi connectivity index (χ3v) is 2.14. The fraction of sp³-hybridized carbons (Fsp3) is 0.333. The van der Waals surface area contributed by atoms with Gasteiger partial charge in [0.25, 0.3) is 0 Å². The summed E-state index contributed by atoms with van der Waals surface area (Å²) in [4.78, 5) is 22.4. The lowest BCUT2D eigenvalue weighted by Crippen LogP contribution is -2.42. The van der Waals surface area contributed by atoms with Crippen molar-refractivity contribution in [2.24, 2.45) is 5.73 Å². The van der Waals surface area contributed by atoms with Crippen LogP contribution in [0.25, 0.3) is 0 Å². The Hall–Kier alpha value is -1.59. The van der Waals surface area contributed by atoms with Gasteiger partial charge < -0.3 is 15.8 Å². The van der Waals surface area contributed by atoms with Crippen LogP contribution in [0.1, 0.15) is 12.5 Å². The summed E-state index contributed by atoms with van der Waals surface area (Å²) in [5, 5.41) is 2.43. The minimum Gasteiger partial charge on any atom is -0.459 e. The summed E-state index contributed by atoms with van der Waals surface area (Å²) in [6.45, 7) is 1.61. The predicted octanol–water partition coefficient (Wildman–Crippen LogP) is 0.615. The Morgan fingerprint density at radius 1 is 1.33 bits per heavy atom. The number of hydrogen-bond acceptors (Lipinski definition) is 4. The standard InChI is InChI=1S/C12H16N2O3.ClH/c1-9(14-11(15)7-13)12(16)17-8-10-5-3-2-4-6-10;/h2-6,9H,7-8,13H2,1H3,(H,14,15);1H/t9-;/m1./s1. The molecule has 1 amide bonds. The Morgan fingerprint density at radius 3 is 2.50 bits per heavy atom. The number of benzene rings is 1. The second-order valence-electron chi connectivity index (χ2n) is 3.59. The molecule has 0 aliphatic heterocycles. The van der Waals surface area contributed by atoms with E-state index in [9.17, 15) is 9.59 Å². The van der Waals surface area contributed by atoms with E-state index in [1.807, 2.05) is 30.3 Å². The van der Waals surface area contributed by atoms with E-state index < -0.39 is 12.0 Å². The molecule has 0 saturated heterocycles. The molecular weight excluding hydrogens is 256 g/mol. The first-order valence-corrected chi connectivity index (χ1v) is 5.33. The van der Waals surface area contributed by atoms with Crippen LogP contribution in [0.15, 0.2) is 30.3 Å². The van der Waals surface area contributed by atoms with Crippen LogP contribution in [0.4, 0.5) is 0 Å². The summed E-state index contributed by atoms with van der Waals surface area (Å²) in [5.41, 5.74) is 6.02. The highest BCUT2D eigenvalue weighted by Crippen LogP contribution is 2.01. The van der Waals surface area contributed by atoms with Crippen LogP contribution in [0, 0.1) is 0 Å². The van der Waals surface area contributed by atoms with Gasteiger partial charge in [-0.1, -0.05) is 30.3 Å². The van der Waals surface area contributed by atoms with Crippen LogP contribution < -0.4 is 11.1 Å². The van der Waals surface area contributed by atoms with Gasteiger partial charge in [0.15, 0.2) is 0 Å². The zero-order valence-electron chi connectivity index (χ0n) is 10.1. The minimum absolute atomic E-state index is 0. The number of amides is 1. The average Bonchev–Trinajstić information content (AvgIpc) is 2.36. The van der Waals surface area contributed by atoms with Crippen LogP contribution in [-0.4, -0.2) is 24.5 Å². The van der Waals surface area contributed by atoms with Crippen molar-refractivity contribution in [3.63, 3.8) is 0 Å². The van der Waals surface area contributed by atoms with Gasteiger partial charge >= 0.3 is 5.97 Å². The smallest absolute Gasteiger partial charge is 0.328 e. The molecule has 100 valence electrons. The molecule has 0 unspecified atom stereocenters. The van der Waals surface area contributed by atoms with Crippen molar-refractivity contribution in [2.45, 2.75) is 19.6 Å². The molecule has 6 heteroatoms. The van der Waals surface area contributed by atoms with E-state index in [4.69, 9.17) is 10.5 Å². The Labute approximate surface area is 112 Å². The zero-order chi connectivity index (χ0) is 12.7. The number of carbonyl (C=O) groups excluding carboxylic acids is 2. The fourth-order valence-electron chi connectivity index (χ4n) is 1.21. The Bertz CT molecular complexity index is 384. The van der Waals surface area contributed by atoms with Crippen molar-refractivity contribution in [2.75, 3.05) is 6.54 Å². The lowest BCUT2D eigenvalue weighted by Gasteiger charge is -2.12. The van der Waals surface area contributed by atoms with Gasteiger partial charge in [0.05, 0.1) is 6.54 Å². The van der Waals surface area contributed by atoms with Gasteiger partial charge in [-0.2, -0.15) is 0 Å². The third kappa shape index (κ3) is 5.65. The number of esters is 1. The molecule has 5 nitrogen and oxygen atoms in total. The maximum atomic E-state index is 11.5. The lowest BCUT2D eigenvalue weighted by atomic mass is 10.2. The van der Waals surface area contributed by atoms with Gasteiger partial charge in [0.1, 0.15) is 12.6 Å². The fourth-order valence-corrected chi connectivity index (χ4v) is 1.21. The lowest BCUT2D eigenvalue weighted by molar-refractivity contribution is -0.148. The largest absolute Gasteiger partial charge is 0.459 e. The molecule has 0 radical (unpaired) electrons. The first-order valence-electron chi connectivity index (χ1n) is 5.33. The summed E-state index contributed by atoms with van der Waals surface area (Å²) >= 11 is 0. The van der Waals surface area contributed by atoms with E-state index >= 15 is 0 Å². The molecule has 1 rings (SSSR count). The highest BCUT2D eigenvalue weighted by molar-refractivity contribution is 5.85. The normalized spacial score (nSPS) is 11.0. The molecule has 0 aromatic heterocycles. The molecule has 1 atom stereocenters. The van der Waals surface area contributed by atoms with Crippen molar-refractivity contribution in [3.05, 3.63) is 35.9 Å². The van der Waals surface area contributed by atoms with Gasteiger partial charge in [-0.3, -0.25) is 4.79 Å². The van der Waals surface area contributed by atoms with E-state index in [0.29, 0.717) is 0 Å². The summed E-state index contributed by atoms with van der Waals surface area (Å²) < 4.78 is 5.04. The molecule has 18 heavy (non-hydrogen) atoms. The van der Waals surface area contributed by atoms with Crippen molar-refractivity contribution in [1.82, 2.24) is 5.32 Å². The monoisotopic (exact) mass is 272 g/mol. The summed E-state index contributed by atoms with van der Waals surface area (Å²) in [6.07, 6.45) is 0. The highest BCUT2D eigenvalue weighted by atomic mass is 35.5. The van der Waals surface area contributed by atoms with Crippen LogP contribution in [0.3, 0.4) is 0 Å². The van der Waals surface area contributed by atoms with Crippen LogP contribution in [-0.2, 0) is 20.9 Å². The predicted molar refractivity (Wildman–Crippen MR) is 70.1 cm³/mol. The van der Waals surface area contributed by atoms with Crippen molar-refractivity contribution >= 4 is 24.3 Å². The number of ether oxygens (including phenoxy) is 1. The van der Waals surface area contributed by atoms with E-state index in [1.54, 1.807) is 6.92 Å². The molecule has 0 heterocycles.